The second-order valence-corrected chi connectivity index (χ2v) is 9.33. The van der Waals surface area contributed by atoms with Gasteiger partial charge >= 0.3 is 0 Å². The molecule has 1 aliphatic heterocycles. The molecule has 0 bridgehead atoms. The Bertz CT molecular complexity index is 1080. The lowest BCUT2D eigenvalue weighted by molar-refractivity contribution is 0.0330. The van der Waals surface area contributed by atoms with Crippen LogP contribution in [0.5, 0.6) is 11.6 Å². The second kappa shape index (κ2) is 8.23. The van der Waals surface area contributed by atoms with E-state index in [0.29, 0.717) is 12.4 Å². The van der Waals surface area contributed by atoms with E-state index in [1.165, 1.54) is 10.4 Å². The first-order valence-corrected chi connectivity index (χ1v) is 11.5. The molecule has 0 radical (unpaired) electrons. The van der Waals surface area contributed by atoms with Gasteiger partial charge in [-0.3, -0.25) is 4.90 Å². The van der Waals surface area contributed by atoms with E-state index in [-0.39, 0.29) is 0 Å². The van der Waals surface area contributed by atoms with E-state index in [1.807, 2.05) is 18.2 Å². The molecule has 3 aromatic rings. The van der Waals surface area contributed by atoms with Crippen LogP contribution in [0.15, 0.2) is 18.2 Å². The summed E-state index contributed by atoms with van der Waals surface area (Å²) in [7, 11) is 0. The molecule has 0 spiro atoms. The van der Waals surface area contributed by atoms with Gasteiger partial charge in [0.15, 0.2) is 0 Å². The van der Waals surface area contributed by atoms with Crippen LogP contribution in [-0.4, -0.2) is 46.3 Å². The van der Waals surface area contributed by atoms with Gasteiger partial charge in [0.25, 0.3) is 0 Å². The SMILES string of the molecule is Cc1sc2nc(CN3CCOCC3)nc(Oc3cccc4c3CCCC4O)c2c1C. The summed E-state index contributed by atoms with van der Waals surface area (Å²) in [4.78, 5) is 14.2. The Balaban J connectivity index is 1.55. The summed E-state index contributed by atoms with van der Waals surface area (Å²) in [6.45, 7) is 8.21. The van der Waals surface area contributed by atoms with Crippen molar-refractivity contribution >= 4 is 21.6 Å². The number of ether oxygens (including phenoxy) is 2. The van der Waals surface area contributed by atoms with Gasteiger partial charge in [0.1, 0.15) is 16.4 Å². The fourth-order valence-electron chi connectivity index (χ4n) is 4.35. The Morgan fingerprint density at radius 1 is 1.23 bits per heavy atom. The maximum absolute atomic E-state index is 10.4. The van der Waals surface area contributed by atoms with Gasteiger partial charge in [-0.15, -0.1) is 11.3 Å². The van der Waals surface area contributed by atoms with E-state index in [9.17, 15) is 5.11 Å². The van der Waals surface area contributed by atoms with E-state index in [1.54, 1.807) is 11.3 Å². The van der Waals surface area contributed by atoms with E-state index in [4.69, 9.17) is 19.4 Å². The predicted molar refractivity (Wildman–Crippen MR) is 117 cm³/mol. The highest BCUT2D eigenvalue weighted by Gasteiger charge is 2.23. The van der Waals surface area contributed by atoms with Crippen molar-refractivity contribution in [2.45, 2.75) is 45.8 Å². The number of aliphatic hydroxyl groups excluding tert-OH is 1. The third-order valence-electron chi connectivity index (χ3n) is 6.15. The standard InChI is InChI=1S/C23H27N3O3S/c1-14-15(2)30-23-21(14)22(24-20(25-23)13-26-9-11-28-12-10-26)29-19-8-4-5-16-17(19)6-3-7-18(16)27/h4-5,8,18,27H,3,6-7,9-13H2,1-2H3. The van der Waals surface area contributed by atoms with Gasteiger partial charge in [-0.25, -0.2) is 4.98 Å². The highest BCUT2D eigenvalue weighted by molar-refractivity contribution is 7.18. The third-order valence-corrected chi connectivity index (χ3v) is 7.25. The molecular formula is C23H27N3O3S. The van der Waals surface area contributed by atoms with E-state index in [2.05, 4.69) is 18.7 Å². The zero-order valence-corrected chi connectivity index (χ0v) is 18.3. The molecule has 2 aromatic heterocycles. The Hall–Kier alpha value is -2.06. The number of benzene rings is 1. The number of hydrogen-bond acceptors (Lipinski definition) is 7. The minimum absolute atomic E-state index is 0.412. The molecule has 3 heterocycles. The predicted octanol–water partition coefficient (Wildman–Crippen LogP) is 4.30. The fourth-order valence-corrected chi connectivity index (χ4v) is 5.39. The van der Waals surface area contributed by atoms with E-state index < -0.39 is 6.10 Å². The zero-order valence-electron chi connectivity index (χ0n) is 17.5. The molecular weight excluding hydrogens is 398 g/mol. The fraction of sp³-hybridized carbons (Fsp3) is 0.478. The molecule has 1 unspecified atom stereocenters. The van der Waals surface area contributed by atoms with Crippen molar-refractivity contribution in [3.63, 3.8) is 0 Å². The van der Waals surface area contributed by atoms with Crippen molar-refractivity contribution < 1.29 is 14.6 Å². The molecule has 30 heavy (non-hydrogen) atoms. The number of thiophene rings is 1. The lowest BCUT2D eigenvalue weighted by Gasteiger charge is -2.26. The van der Waals surface area contributed by atoms with Crippen LogP contribution in [0.1, 0.15) is 46.3 Å². The minimum atomic E-state index is -0.412. The van der Waals surface area contributed by atoms with Crippen LogP contribution in [0, 0.1) is 13.8 Å². The summed E-state index contributed by atoms with van der Waals surface area (Å²) in [5, 5.41) is 11.4. The maximum atomic E-state index is 10.4. The summed E-state index contributed by atoms with van der Waals surface area (Å²) in [5.74, 6) is 2.20. The monoisotopic (exact) mass is 425 g/mol. The average Bonchev–Trinajstić information content (AvgIpc) is 3.03. The van der Waals surface area contributed by atoms with Crippen LogP contribution < -0.4 is 4.74 Å². The van der Waals surface area contributed by atoms with Crippen LogP contribution in [0.25, 0.3) is 10.2 Å². The van der Waals surface area contributed by atoms with Crippen molar-refractivity contribution in [3.05, 3.63) is 45.6 Å². The van der Waals surface area contributed by atoms with Crippen molar-refractivity contribution in [1.82, 2.24) is 14.9 Å². The van der Waals surface area contributed by atoms with E-state index in [0.717, 1.165) is 78.5 Å². The number of aromatic nitrogens is 2. The van der Waals surface area contributed by atoms with Crippen LogP contribution >= 0.6 is 11.3 Å². The molecule has 0 amide bonds. The quantitative estimate of drug-likeness (QED) is 0.672. The van der Waals surface area contributed by atoms with Gasteiger partial charge in [0.05, 0.1) is 31.2 Å². The Labute approximate surface area is 180 Å². The van der Waals surface area contributed by atoms with Gasteiger partial charge in [-0.1, -0.05) is 12.1 Å². The van der Waals surface area contributed by atoms with Crippen molar-refractivity contribution in [1.29, 1.82) is 0 Å². The molecule has 5 rings (SSSR count). The number of fused-ring (bicyclic) bond motifs is 2. The number of nitrogens with zero attached hydrogens (tertiary/aromatic N) is 3. The van der Waals surface area contributed by atoms with E-state index >= 15 is 0 Å². The van der Waals surface area contributed by atoms with Crippen LogP contribution in [0.2, 0.25) is 0 Å². The van der Waals surface area contributed by atoms with Gasteiger partial charge < -0.3 is 14.6 Å². The third kappa shape index (κ3) is 3.71. The highest BCUT2D eigenvalue weighted by Crippen LogP contribution is 2.40. The molecule has 1 N–H and O–H groups in total. The number of hydrogen-bond donors (Lipinski definition) is 1. The zero-order chi connectivity index (χ0) is 20.7. The Morgan fingerprint density at radius 2 is 2.07 bits per heavy atom. The van der Waals surface area contributed by atoms with Crippen LogP contribution in [-0.2, 0) is 17.7 Å². The first-order valence-electron chi connectivity index (χ1n) is 10.6. The number of rotatable bonds is 4. The largest absolute Gasteiger partial charge is 0.438 e. The average molecular weight is 426 g/mol. The van der Waals surface area contributed by atoms with Crippen molar-refractivity contribution in [3.8, 4) is 11.6 Å². The topological polar surface area (TPSA) is 67.7 Å². The summed E-state index contributed by atoms with van der Waals surface area (Å²) in [6.07, 6.45) is 2.27. The summed E-state index contributed by atoms with van der Waals surface area (Å²) in [5.41, 5.74) is 3.26. The lowest BCUT2D eigenvalue weighted by Crippen LogP contribution is -2.36. The molecule has 1 aliphatic carbocycles. The minimum Gasteiger partial charge on any atom is -0.438 e. The van der Waals surface area contributed by atoms with Gasteiger partial charge in [0, 0.05) is 23.5 Å². The summed E-state index contributed by atoms with van der Waals surface area (Å²) in [6, 6.07) is 5.95. The molecule has 1 saturated heterocycles. The number of aliphatic hydroxyl groups is 1. The first-order chi connectivity index (χ1) is 14.6. The van der Waals surface area contributed by atoms with Gasteiger partial charge in [0.2, 0.25) is 5.88 Å². The second-order valence-electron chi connectivity index (χ2n) is 8.13. The molecule has 158 valence electrons. The van der Waals surface area contributed by atoms with Gasteiger partial charge in [-0.05, 0) is 50.3 Å². The summed E-state index contributed by atoms with van der Waals surface area (Å²) < 4.78 is 11.9. The molecule has 7 heteroatoms. The molecule has 1 fully saturated rings. The number of morpholine rings is 1. The Morgan fingerprint density at radius 3 is 2.90 bits per heavy atom. The number of aryl methyl sites for hydroxylation is 2. The molecule has 1 aromatic carbocycles. The van der Waals surface area contributed by atoms with Crippen LogP contribution in [0.4, 0.5) is 0 Å². The lowest BCUT2D eigenvalue weighted by atomic mass is 9.89. The maximum Gasteiger partial charge on any atom is 0.231 e. The first kappa shape index (κ1) is 19.9. The molecule has 2 aliphatic rings. The normalized spacial score (nSPS) is 19.8. The van der Waals surface area contributed by atoms with Crippen molar-refractivity contribution in [2.75, 3.05) is 26.3 Å². The Kier molecular flexibility index (Phi) is 5.45. The molecule has 6 nitrogen and oxygen atoms in total. The van der Waals surface area contributed by atoms with Crippen LogP contribution in [0.3, 0.4) is 0 Å². The highest BCUT2D eigenvalue weighted by atomic mass is 32.1. The summed E-state index contributed by atoms with van der Waals surface area (Å²) >= 11 is 1.69. The molecule has 0 saturated carbocycles. The van der Waals surface area contributed by atoms with Crippen molar-refractivity contribution in [2.24, 2.45) is 0 Å². The molecule has 1 atom stereocenters. The van der Waals surface area contributed by atoms with Gasteiger partial charge in [-0.2, -0.15) is 4.98 Å². The smallest absolute Gasteiger partial charge is 0.231 e.